The number of carbonyl (C=O) groups excluding carboxylic acids is 1. The number of nitrogens with one attached hydrogen (secondary N) is 1. The van der Waals surface area contributed by atoms with Crippen LogP contribution in [0.5, 0.6) is 17.2 Å². The van der Waals surface area contributed by atoms with Crippen molar-refractivity contribution in [3.63, 3.8) is 0 Å². The molecule has 0 spiro atoms. The van der Waals surface area contributed by atoms with Crippen LogP contribution in [-0.4, -0.2) is 43.8 Å². The molecule has 1 saturated heterocycles. The average molecular weight is 463 g/mol. The van der Waals surface area contributed by atoms with Gasteiger partial charge in [-0.1, -0.05) is 23.2 Å². The molecule has 31 heavy (non-hydrogen) atoms. The van der Waals surface area contributed by atoms with Crippen LogP contribution in [0.1, 0.15) is 23.2 Å². The van der Waals surface area contributed by atoms with Gasteiger partial charge in [0.1, 0.15) is 17.7 Å². The Kier molecular flexibility index (Phi) is 5.71. The zero-order valence-corrected chi connectivity index (χ0v) is 17.5. The Morgan fingerprint density at radius 2 is 1.77 bits per heavy atom. The van der Waals surface area contributed by atoms with Crippen molar-refractivity contribution in [3.05, 3.63) is 73.0 Å². The predicted octanol–water partition coefficient (Wildman–Crippen LogP) is 2.96. The highest BCUT2D eigenvalue weighted by molar-refractivity contribution is 6.37. The van der Waals surface area contributed by atoms with Gasteiger partial charge in [0.15, 0.2) is 5.75 Å². The minimum Gasteiger partial charge on any atom is -0.507 e. The molecule has 0 atom stereocenters. The number of aromatic amines is 1. The number of hydrogen-bond donors (Lipinski definition) is 2. The van der Waals surface area contributed by atoms with E-state index >= 15 is 0 Å². The maximum Gasteiger partial charge on any atom is 0.349 e. The van der Waals surface area contributed by atoms with Crippen LogP contribution in [0.2, 0.25) is 10.0 Å². The summed E-state index contributed by atoms with van der Waals surface area (Å²) in [7, 11) is 0. The van der Waals surface area contributed by atoms with E-state index in [4.69, 9.17) is 27.9 Å². The van der Waals surface area contributed by atoms with E-state index in [0.717, 1.165) is 23.7 Å². The highest BCUT2D eigenvalue weighted by Gasteiger charge is 2.23. The monoisotopic (exact) mass is 462 g/mol. The molecular formula is C20H16Cl2N4O5. The van der Waals surface area contributed by atoms with Crippen molar-refractivity contribution < 1.29 is 14.6 Å². The van der Waals surface area contributed by atoms with Crippen molar-refractivity contribution in [1.82, 2.24) is 19.7 Å². The van der Waals surface area contributed by atoms with Crippen LogP contribution in [0.15, 0.2) is 46.1 Å². The molecule has 1 aliphatic rings. The summed E-state index contributed by atoms with van der Waals surface area (Å²) in [6.45, 7) is 1.28. The SMILES string of the molecule is O=C(c1cc(Oc2c(Cl)cc(-n3ncc(=O)[nH]c3=O)cc2Cl)ccc1O)N1CCCC1. The van der Waals surface area contributed by atoms with E-state index in [1.807, 2.05) is 0 Å². The standard InChI is InChI=1S/C20H16Cl2N4O5/c21-14-7-11(26-20(30)24-17(28)10-23-26)8-15(22)18(14)31-12-3-4-16(27)13(9-12)19(29)25-5-1-2-6-25/h3-4,7-10,27H,1-2,5-6H2,(H,24,28,30). The molecule has 0 saturated carbocycles. The molecule has 1 amide bonds. The van der Waals surface area contributed by atoms with Crippen molar-refractivity contribution in [1.29, 1.82) is 0 Å². The third kappa shape index (κ3) is 4.28. The lowest BCUT2D eigenvalue weighted by atomic mass is 10.1. The van der Waals surface area contributed by atoms with Crippen molar-refractivity contribution in [2.75, 3.05) is 13.1 Å². The lowest BCUT2D eigenvalue weighted by Gasteiger charge is -2.17. The van der Waals surface area contributed by atoms with E-state index in [2.05, 4.69) is 10.1 Å². The zero-order chi connectivity index (χ0) is 22.1. The van der Waals surface area contributed by atoms with Crippen molar-refractivity contribution in [2.45, 2.75) is 12.8 Å². The maximum absolute atomic E-state index is 12.7. The highest BCUT2D eigenvalue weighted by Crippen LogP contribution is 2.39. The number of benzene rings is 2. The van der Waals surface area contributed by atoms with E-state index in [0.29, 0.717) is 13.1 Å². The lowest BCUT2D eigenvalue weighted by molar-refractivity contribution is 0.0789. The first-order chi connectivity index (χ1) is 14.8. The summed E-state index contributed by atoms with van der Waals surface area (Å²) in [4.78, 5) is 39.6. The predicted molar refractivity (Wildman–Crippen MR) is 114 cm³/mol. The molecule has 0 bridgehead atoms. The molecule has 3 aromatic rings. The molecule has 160 valence electrons. The number of nitrogens with zero attached hydrogens (tertiary/aromatic N) is 3. The maximum atomic E-state index is 12.7. The van der Waals surface area contributed by atoms with Gasteiger partial charge in [-0.2, -0.15) is 9.78 Å². The lowest BCUT2D eigenvalue weighted by Crippen LogP contribution is -2.30. The third-order valence-electron chi connectivity index (χ3n) is 4.75. The van der Waals surface area contributed by atoms with Crippen LogP contribution in [0, 0.1) is 0 Å². The Morgan fingerprint density at radius 3 is 2.42 bits per heavy atom. The van der Waals surface area contributed by atoms with Gasteiger partial charge in [-0.05, 0) is 43.2 Å². The smallest absolute Gasteiger partial charge is 0.349 e. The second kappa shape index (κ2) is 8.44. The molecule has 9 nitrogen and oxygen atoms in total. The topological polar surface area (TPSA) is 118 Å². The number of halogens is 2. The summed E-state index contributed by atoms with van der Waals surface area (Å²) in [5.41, 5.74) is -1.05. The van der Waals surface area contributed by atoms with E-state index < -0.39 is 11.2 Å². The Labute approximate surface area is 185 Å². The van der Waals surface area contributed by atoms with Crippen molar-refractivity contribution >= 4 is 29.1 Å². The number of H-pyrrole nitrogens is 1. The largest absolute Gasteiger partial charge is 0.507 e. The molecule has 11 heteroatoms. The van der Waals surface area contributed by atoms with Gasteiger partial charge in [-0.3, -0.25) is 14.6 Å². The van der Waals surface area contributed by atoms with Gasteiger partial charge in [0.05, 0.1) is 21.3 Å². The molecule has 1 aromatic heterocycles. The molecular weight excluding hydrogens is 447 g/mol. The molecule has 0 aliphatic carbocycles. The van der Waals surface area contributed by atoms with Gasteiger partial charge in [-0.15, -0.1) is 0 Å². The molecule has 2 N–H and O–H groups in total. The van der Waals surface area contributed by atoms with E-state index in [9.17, 15) is 19.5 Å². The molecule has 2 aromatic carbocycles. The normalized spacial score (nSPS) is 13.4. The minimum absolute atomic E-state index is 0.0721. The molecule has 1 aliphatic heterocycles. The summed E-state index contributed by atoms with van der Waals surface area (Å²) < 4.78 is 6.70. The summed E-state index contributed by atoms with van der Waals surface area (Å²) >= 11 is 12.6. The molecule has 2 heterocycles. The summed E-state index contributed by atoms with van der Waals surface area (Å²) in [6.07, 6.45) is 2.80. The van der Waals surface area contributed by atoms with Crippen LogP contribution in [0.3, 0.4) is 0 Å². The average Bonchev–Trinajstić information content (AvgIpc) is 3.26. The van der Waals surface area contributed by atoms with Crippen LogP contribution in [-0.2, 0) is 0 Å². The van der Waals surface area contributed by atoms with Crippen LogP contribution >= 0.6 is 23.2 Å². The molecule has 1 fully saturated rings. The number of phenolic OH excluding ortho intramolecular Hbond substituents is 1. The number of hydrogen-bond acceptors (Lipinski definition) is 6. The van der Waals surface area contributed by atoms with Crippen molar-refractivity contribution in [3.8, 4) is 22.9 Å². The minimum atomic E-state index is -0.753. The first kappa shape index (κ1) is 21.0. The zero-order valence-electron chi connectivity index (χ0n) is 16.0. The van der Waals surface area contributed by atoms with Gasteiger partial charge in [0.2, 0.25) is 0 Å². The summed E-state index contributed by atoms with van der Waals surface area (Å²) in [5, 5.41) is 14.0. The van der Waals surface area contributed by atoms with Crippen LogP contribution in [0.4, 0.5) is 0 Å². The molecule has 4 rings (SSSR count). The Balaban J connectivity index is 1.65. The summed E-state index contributed by atoms with van der Waals surface area (Å²) in [5.74, 6) is -0.0946. The number of amides is 1. The quantitative estimate of drug-likeness (QED) is 0.615. The number of rotatable bonds is 4. The van der Waals surface area contributed by atoms with Crippen LogP contribution < -0.4 is 16.0 Å². The number of aromatic hydroxyl groups is 1. The fourth-order valence-corrected chi connectivity index (χ4v) is 3.81. The fraction of sp³-hybridized carbons (Fsp3) is 0.200. The third-order valence-corrected chi connectivity index (χ3v) is 5.31. The van der Waals surface area contributed by atoms with E-state index in [-0.39, 0.29) is 44.5 Å². The van der Waals surface area contributed by atoms with Crippen molar-refractivity contribution in [2.24, 2.45) is 0 Å². The highest BCUT2D eigenvalue weighted by atomic mass is 35.5. The summed E-state index contributed by atoms with van der Waals surface area (Å²) in [6, 6.07) is 7.05. The number of ether oxygens (including phenoxy) is 1. The van der Waals surface area contributed by atoms with Gasteiger partial charge in [0, 0.05) is 13.1 Å². The first-order valence-corrected chi connectivity index (χ1v) is 10.1. The Morgan fingerprint density at radius 1 is 1.10 bits per heavy atom. The second-order valence-electron chi connectivity index (χ2n) is 6.87. The second-order valence-corrected chi connectivity index (χ2v) is 7.68. The van der Waals surface area contributed by atoms with E-state index in [1.165, 1.54) is 30.3 Å². The van der Waals surface area contributed by atoms with Crippen LogP contribution in [0.25, 0.3) is 5.69 Å². The Hall–Kier alpha value is -3.30. The van der Waals surface area contributed by atoms with Gasteiger partial charge in [0.25, 0.3) is 11.5 Å². The van der Waals surface area contributed by atoms with E-state index in [1.54, 1.807) is 4.90 Å². The van der Waals surface area contributed by atoms with Gasteiger partial charge in [-0.25, -0.2) is 4.79 Å². The van der Waals surface area contributed by atoms with Gasteiger partial charge >= 0.3 is 5.69 Å². The number of likely N-dealkylation sites (tertiary alicyclic amines) is 1. The number of carbonyl (C=O) groups is 1. The Bertz CT molecular complexity index is 1260. The fourth-order valence-electron chi connectivity index (χ4n) is 3.26. The first-order valence-electron chi connectivity index (χ1n) is 9.32. The molecule has 0 unspecified atom stereocenters. The number of aromatic nitrogens is 3. The number of phenols is 1. The molecule has 0 radical (unpaired) electrons. The van der Waals surface area contributed by atoms with Gasteiger partial charge < -0.3 is 14.7 Å².